The molecule has 3 rings (SSSR count). The molecule has 6 heteroatoms. The first-order chi connectivity index (χ1) is 11.5. The molecule has 0 saturated heterocycles. The minimum absolute atomic E-state index is 0.113. The van der Waals surface area contributed by atoms with E-state index in [2.05, 4.69) is 0 Å². The van der Waals surface area contributed by atoms with Gasteiger partial charge in [-0.05, 0) is 36.3 Å². The van der Waals surface area contributed by atoms with Gasteiger partial charge in [0.2, 0.25) is 5.91 Å². The normalized spacial score (nSPS) is 16.9. The van der Waals surface area contributed by atoms with Gasteiger partial charge < -0.3 is 9.84 Å². The minimum Gasteiger partial charge on any atom is -0.497 e. The monoisotopic (exact) mass is 345 g/mol. The highest BCUT2D eigenvalue weighted by molar-refractivity contribution is 6.31. The van der Waals surface area contributed by atoms with Gasteiger partial charge in [0.15, 0.2) is 0 Å². The van der Waals surface area contributed by atoms with Crippen molar-refractivity contribution in [2.45, 2.75) is 12.8 Å². The molecule has 1 N–H and O–H groups in total. The largest absolute Gasteiger partial charge is 0.497 e. The van der Waals surface area contributed by atoms with E-state index in [4.69, 9.17) is 21.4 Å². The zero-order valence-electron chi connectivity index (χ0n) is 13.0. The molecule has 0 spiro atoms. The molecule has 0 bridgehead atoms. The average Bonchev–Trinajstić information content (AvgIpc) is 2.92. The summed E-state index contributed by atoms with van der Waals surface area (Å²) in [5, 5.41) is 10.4. The van der Waals surface area contributed by atoms with Gasteiger partial charge in [0.1, 0.15) is 5.75 Å². The van der Waals surface area contributed by atoms with Crippen molar-refractivity contribution in [3.8, 4) is 5.75 Å². The van der Waals surface area contributed by atoms with E-state index in [1.54, 1.807) is 49.7 Å². The lowest BCUT2D eigenvalue weighted by atomic mass is 10.00. The summed E-state index contributed by atoms with van der Waals surface area (Å²) in [6, 6.07) is 5.28. The zero-order chi connectivity index (χ0) is 17.3. The van der Waals surface area contributed by atoms with Crippen LogP contribution in [0, 0.1) is 5.92 Å². The molecule has 5 nitrogen and oxygen atoms in total. The Morgan fingerprint density at radius 1 is 1.42 bits per heavy atom. The van der Waals surface area contributed by atoms with E-state index in [1.807, 2.05) is 0 Å². The number of allylic oxidation sites excluding steroid dienone is 4. The maximum atomic E-state index is 12.8. The van der Waals surface area contributed by atoms with Crippen molar-refractivity contribution in [1.29, 1.82) is 0 Å². The maximum Gasteiger partial charge on any atom is 0.307 e. The summed E-state index contributed by atoms with van der Waals surface area (Å²) >= 11 is 5.90. The van der Waals surface area contributed by atoms with Crippen LogP contribution in [0.1, 0.15) is 16.8 Å². The molecule has 1 aromatic carbocycles. The number of nitrogens with zero attached hydrogens (tertiary/aromatic N) is 1. The van der Waals surface area contributed by atoms with Crippen molar-refractivity contribution < 1.29 is 19.4 Å². The standard InChI is InChI=1S/C18H16ClNO4/c1-24-14-6-7-16-15(9-14)12(8-17(21)22)10-20(16)18(23)11-2-4-13(19)5-3-11/h2,4-7,9-11H,3,8H2,1H3,(H,21,22). The highest BCUT2D eigenvalue weighted by atomic mass is 35.5. The second-order valence-electron chi connectivity index (χ2n) is 5.61. The van der Waals surface area contributed by atoms with Crippen LogP contribution in [-0.2, 0) is 11.2 Å². The molecule has 0 amide bonds. The highest BCUT2D eigenvalue weighted by Crippen LogP contribution is 2.29. The lowest BCUT2D eigenvalue weighted by Crippen LogP contribution is -2.20. The number of carboxylic acids is 1. The first kappa shape index (κ1) is 16.3. The predicted octanol–water partition coefficient (Wildman–Crippen LogP) is 3.62. The molecule has 1 aliphatic carbocycles. The topological polar surface area (TPSA) is 68.5 Å². The van der Waals surface area contributed by atoms with E-state index in [0.717, 1.165) is 0 Å². The van der Waals surface area contributed by atoms with E-state index < -0.39 is 5.97 Å². The molecule has 0 aliphatic heterocycles. The van der Waals surface area contributed by atoms with E-state index in [0.29, 0.717) is 33.7 Å². The lowest BCUT2D eigenvalue weighted by Gasteiger charge is -2.14. The second-order valence-corrected chi connectivity index (χ2v) is 6.04. The number of ether oxygens (including phenoxy) is 1. The van der Waals surface area contributed by atoms with Crippen molar-refractivity contribution in [2.24, 2.45) is 5.92 Å². The first-order valence-electron chi connectivity index (χ1n) is 7.47. The highest BCUT2D eigenvalue weighted by Gasteiger charge is 2.22. The Morgan fingerprint density at radius 2 is 2.21 bits per heavy atom. The fourth-order valence-corrected chi connectivity index (χ4v) is 3.01. The van der Waals surface area contributed by atoms with Crippen molar-refractivity contribution >= 4 is 34.4 Å². The van der Waals surface area contributed by atoms with E-state index in [1.165, 1.54) is 4.57 Å². The molecule has 1 unspecified atom stereocenters. The number of carbonyl (C=O) groups is 2. The number of methoxy groups -OCH3 is 1. The van der Waals surface area contributed by atoms with Crippen LogP contribution in [0.3, 0.4) is 0 Å². The van der Waals surface area contributed by atoms with Crippen LogP contribution in [0.2, 0.25) is 0 Å². The molecule has 1 atom stereocenters. The SMILES string of the molecule is COc1ccc2c(c1)c(CC(=O)O)cn2C(=O)C1C=CC(Cl)=CC1. The summed E-state index contributed by atoms with van der Waals surface area (Å²) < 4.78 is 6.73. The van der Waals surface area contributed by atoms with Gasteiger partial charge in [-0.15, -0.1) is 0 Å². The molecule has 1 aromatic heterocycles. The Kier molecular flexibility index (Phi) is 4.44. The Bertz CT molecular complexity index is 879. The number of carbonyl (C=O) groups excluding carboxylic acids is 1. The van der Waals surface area contributed by atoms with Crippen molar-refractivity contribution in [1.82, 2.24) is 4.57 Å². The van der Waals surface area contributed by atoms with Crippen LogP contribution < -0.4 is 4.74 Å². The summed E-state index contributed by atoms with van der Waals surface area (Å²) in [6.07, 6.45) is 7.26. The van der Waals surface area contributed by atoms with Crippen LogP contribution in [-0.4, -0.2) is 28.7 Å². The molecule has 1 aliphatic rings. The molecular formula is C18H16ClNO4. The van der Waals surface area contributed by atoms with Gasteiger partial charge in [0.25, 0.3) is 0 Å². The molecule has 1 heterocycles. The Hall–Kier alpha value is -2.53. The molecule has 0 fully saturated rings. The second kappa shape index (κ2) is 6.53. The number of hydrogen-bond acceptors (Lipinski definition) is 3. The summed E-state index contributed by atoms with van der Waals surface area (Å²) in [4.78, 5) is 24.0. The Labute approximate surface area is 143 Å². The summed E-state index contributed by atoms with van der Waals surface area (Å²) in [5.41, 5.74) is 1.25. The third-order valence-electron chi connectivity index (χ3n) is 4.04. The fourth-order valence-electron chi connectivity index (χ4n) is 2.85. The minimum atomic E-state index is -0.948. The number of aliphatic carboxylic acids is 1. The summed E-state index contributed by atoms with van der Waals surface area (Å²) in [5.74, 6) is -0.760. The number of aromatic nitrogens is 1. The van der Waals surface area contributed by atoms with Gasteiger partial charge in [-0.2, -0.15) is 0 Å². The van der Waals surface area contributed by atoms with Gasteiger partial charge in [-0.1, -0.05) is 23.8 Å². The molecule has 2 aromatic rings. The first-order valence-corrected chi connectivity index (χ1v) is 7.85. The smallest absolute Gasteiger partial charge is 0.307 e. The van der Waals surface area contributed by atoms with E-state index >= 15 is 0 Å². The van der Waals surface area contributed by atoms with Crippen LogP contribution in [0.5, 0.6) is 5.75 Å². The van der Waals surface area contributed by atoms with Crippen molar-refractivity contribution in [3.63, 3.8) is 0 Å². The Balaban J connectivity index is 2.06. The van der Waals surface area contributed by atoms with Crippen LogP contribution in [0.25, 0.3) is 10.9 Å². The number of hydrogen-bond donors (Lipinski definition) is 1. The number of rotatable bonds is 4. The third-order valence-corrected chi connectivity index (χ3v) is 4.33. The van der Waals surface area contributed by atoms with Gasteiger partial charge in [-0.3, -0.25) is 14.2 Å². The Morgan fingerprint density at radius 3 is 2.83 bits per heavy atom. The number of carboxylic acid groups (broad SMARTS) is 1. The summed E-state index contributed by atoms with van der Waals surface area (Å²) in [7, 11) is 1.54. The molecule has 0 radical (unpaired) electrons. The molecule has 24 heavy (non-hydrogen) atoms. The molecule has 124 valence electrons. The van der Waals surface area contributed by atoms with E-state index in [9.17, 15) is 9.59 Å². The van der Waals surface area contributed by atoms with Gasteiger partial charge in [0, 0.05) is 16.6 Å². The van der Waals surface area contributed by atoms with Gasteiger partial charge >= 0.3 is 5.97 Å². The zero-order valence-corrected chi connectivity index (χ0v) is 13.8. The number of fused-ring (bicyclic) bond motifs is 1. The fraction of sp³-hybridized carbons (Fsp3) is 0.222. The van der Waals surface area contributed by atoms with Crippen molar-refractivity contribution in [3.05, 3.63) is 53.2 Å². The van der Waals surface area contributed by atoms with Gasteiger partial charge in [-0.25, -0.2) is 0 Å². The third kappa shape index (κ3) is 3.08. The predicted molar refractivity (Wildman–Crippen MR) is 91.6 cm³/mol. The molecule has 0 saturated carbocycles. The maximum absolute atomic E-state index is 12.8. The quantitative estimate of drug-likeness (QED) is 0.919. The van der Waals surface area contributed by atoms with Crippen LogP contribution in [0.15, 0.2) is 47.7 Å². The number of benzene rings is 1. The van der Waals surface area contributed by atoms with Gasteiger partial charge in [0.05, 0.1) is 25.0 Å². The van der Waals surface area contributed by atoms with Crippen LogP contribution >= 0.6 is 11.6 Å². The molecular weight excluding hydrogens is 330 g/mol. The summed E-state index contributed by atoms with van der Waals surface area (Å²) in [6.45, 7) is 0. The lowest BCUT2D eigenvalue weighted by molar-refractivity contribution is -0.136. The van der Waals surface area contributed by atoms with Crippen molar-refractivity contribution in [2.75, 3.05) is 7.11 Å². The number of halogens is 1. The average molecular weight is 346 g/mol. The van der Waals surface area contributed by atoms with E-state index in [-0.39, 0.29) is 18.2 Å². The van der Waals surface area contributed by atoms with Crippen LogP contribution in [0.4, 0.5) is 0 Å².